The molecule has 0 spiro atoms. The number of aromatic nitrogens is 2. The molecule has 2 fully saturated rings. The molecule has 0 saturated carbocycles. The van der Waals surface area contributed by atoms with Gasteiger partial charge in [-0.1, -0.05) is 42.5 Å². The number of carbonyl (C=O) groups excluding carboxylic acids is 3. The van der Waals surface area contributed by atoms with Crippen molar-refractivity contribution in [2.45, 2.75) is 70.4 Å². The maximum atomic E-state index is 14.1. The van der Waals surface area contributed by atoms with Crippen LogP contribution in [-0.2, 0) is 20.9 Å². The smallest absolute Gasteiger partial charge is 0.308 e. The first-order valence-electron chi connectivity index (χ1n) is 17.5. The molecule has 0 aliphatic carbocycles. The summed E-state index contributed by atoms with van der Waals surface area (Å²) < 4.78 is 21.1. The predicted molar refractivity (Wildman–Crippen MR) is 191 cm³/mol. The van der Waals surface area contributed by atoms with E-state index in [1.807, 2.05) is 72.8 Å². The van der Waals surface area contributed by atoms with E-state index in [0.717, 1.165) is 67.9 Å². The molecule has 3 aromatic carbocycles. The van der Waals surface area contributed by atoms with Gasteiger partial charge < -0.3 is 14.5 Å². The second kappa shape index (κ2) is 15.4. The summed E-state index contributed by atoms with van der Waals surface area (Å²) in [4.78, 5) is 43.9. The van der Waals surface area contributed by atoms with Gasteiger partial charge in [-0.05, 0) is 101 Å². The van der Waals surface area contributed by atoms with E-state index < -0.39 is 5.60 Å². The molecular formula is C40H46FN5O4. The van der Waals surface area contributed by atoms with Crippen molar-refractivity contribution >= 4 is 24.0 Å². The van der Waals surface area contributed by atoms with Gasteiger partial charge in [0.1, 0.15) is 11.4 Å². The van der Waals surface area contributed by atoms with Gasteiger partial charge in [0, 0.05) is 43.7 Å². The SMILES string of the molecule is CC(C)(C)OC(=O)CCN(C=O)c1ccc(CN2CCC(c3c(C(=O)N4CC[C@H](c5ccccc5)C4)cnn3-c3ccc(F)cc3)CC2)cc1. The highest BCUT2D eigenvalue weighted by Crippen LogP contribution is 2.35. The summed E-state index contributed by atoms with van der Waals surface area (Å²) in [6.45, 7) is 9.51. The lowest BCUT2D eigenvalue weighted by Crippen LogP contribution is -2.34. The minimum atomic E-state index is -0.566. The number of piperidine rings is 1. The number of ether oxygens (including phenoxy) is 1. The Morgan fingerprint density at radius 1 is 0.920 bits per heavy atom. The van der Waals surface area contributed by atoms with Gasteiger partial charge in [0.25, 0.3) is 5.91 Å². The zero-order valence-electron chi connectivity index (χ0n) is 29.1. The molecule has 50 heavy (non-hydrogen) atoms. The van der Waals surface area contributed by atoms with E-state index in [-0.39, 0.29) is 36.6 Å². The molecule has 262 valence electrons. The molecule has 0 radical (unpaired) electrons. The quantitative estimate of drug-likeness (QED) is 0.129. The van der Waals surface area contributed by atoms with Crippen LogP contribution in [0, 0.1) is 5.82 Å². The molecule has 2 amide bonds. The van der Waals surface area contributed by atoms with Crippen LogP contribution in [0.4, 0.5) is 10.1 Å². The fourth-order valence-electron chi connectivity index (χ4n) is 7.08. The number of nitrogens with zero attached hydrogens (tertiary/aromatic N) is 5. The normalized spacial score (nSPS) is 17.1. The number of benzene rings is 3. The van der Waals surface area contributed by atoms with Crippen LogP contribution in [0.25, 0.3) is 5.69 Å². The Balaban J connectivity index is 1.11. The summed E-state index contributed by atoms with van der Waals surface area (Å²) in [7, 11) is 0. The average molecular weight is 680 g/mol. The van der Waals surface area contributed by atoms with Gasteiger partial charge in [-0.25, -0.2) is 9.07 Å². The summed E-state index contributed by atoms with van der Waals surface area (Å²) in [5, 5.41) is 4.69. The lowest BCUT2D eigenvalue weighted by molar-refractivity contribution is -0.154. The molecule has 2 aliphatic rings. The van der Waals surface area contributed by atoms with E-state index in [4.69, 9.17) is 9.84 Å². The third-order valence-corrected chi connectivity index (χ3v) is 9.61. The summed E-state index contributed by atoms with van der Waals surface area (Å²) in [5.41, 5.74) is 4.80. The van der Waals surface area contributed by atoms with E-state index in [1.54, 1.807) is 18.3 Å². The van der Waals surface area contributed by atoms with Gasteiger partial charge in [0.05, 0.1) is 29.6 Å². The number of carbonyl (C=O) groups is 3. The summed E-state index contributed by atoms with van der Waals surface area (Å²) in [6, 6.07) is 24.5. The van der Waals surface area contributed by atoms with E-state index in [9.17, 15) is 18.8 Å². The summed E-state index contributed by atoms with van der Waals surface area (Å²) in [6.07, 6.45) is 5.18. The number of anilines is 1. The minimum absolute atomic E-state index is 0.00442. The van der Waals surface area contributed by atoms with Crippen LogP contribution in [0.1, 0.15) is 85.5 Å². The second-order valence-corrected chi connectivity index (χ2v) is 14.3. The number of likely N-dealkylation sites (tertiary alicyclic amines) is 2. The van der Waals surface area contributed by atoms with Crippen molar-refractivity contribution in [2.75, 3.05) is 37.6 Å². The van der Waals surface area contributed by atoms with Crippen LogP contribution in [0.15, 0.2) is 85.1 Å². The monoisotopic (exact) mass is 679 g/mol. The van der Waals surface area contributed by atoms with Gasteiger partial charge in [0.2, 0.25) is 6.41 Å². The van der Waals surface area contributed by atoms with E-state index in [2.05, 4.69) is 17.0 Å². The van der Waals surface area contributed by atoms with Crippen LogP contribution >= 0.6 is 0 Å². The van der Waals surface area contributed by atoms with Gasteiger partial charge in [-0.15, -0.1) is 0 Å². The Labute approximate surface area is 293 Å². The molecule has 2 saturated heterocycles. The Kier molecular flexibility index (Phi) is 10.8. The topological polar surface area (TPSA) is 88.0 Å². The fraction of sp³-hybridized carbons (Fsp3) is 0.400. The largest absolute Gasteiger partial charge is 0.460 e. The molecule has 4 aromatic rings. The average Bonchev–Trinajstić information content (AvgIpc) is 3.78. The van der Waals surface area contributed by atoms with Gasteiger partial charge in [-0.2, -0.15) is 5.10 Å². The standard InChI is InChI=1S/C40H46FN5O4/c1-40(2,3)50-37(48)20-24-45(28-47)34-13-9-29(10-14-34)26-43-21-17-31(18-22-43)38-36(25-42-46(38)35-15-11-33(41)12-16-35)39(49)44-23-19-32(27-44)30-7-5-4-6-8-30/h4-16,25,28,31-32H,17-24,26-27H2,1-3H3/t32-/m0/s1. The van der Waals surface area contributed by atoms with E-state index >= 15 is 0 Å². The molecule has 1 aromatic heterocycles. The highest BCUT2D eigenvalue weighted by molar-refractivity contribution is 5.95. The van der Waals surface area contributed by atoms with Crippen LogP contribution in [0.3, 0.4) is 0 Å². The Morgan fingerprint density at radius 3 is 2.26 bits per heavy atom. The van der Waals surface area contributed by atoms with Crippen LogP contribution in [0.2, 0.25) is 0 Å². The van der Waals surface area contributed by atoms with Crippen LogP contribution in [-0.4, -0.2) is 76.2 Å². The first-order chi connectivity index (χ1) is 24.1. The lowest BCUT2D eigenvalue weighted by Gasteiger charge is -2.33. The fourth-order valence-corrected chi connectivity index (χ4v) is 7.08. The molecule has 0 unspecified atom stereocenters. The molecular weight excluding hydrogens is 633 g/mol. The molecule has 9 nitrogen and oxygen atoms in total. The van der Waals surface area contributed by atoms with Gasteiger partial charge >= 0.3 is 5.97 Å². The molecule has 0 N–H and O–H groups in total. The van der Waals surface area contributed by atoms with E-state index in [1.165, 1.54) is 22.6 Å². The number of esters is 1. The third-order valence-electron chi connectivity index (χ3n) is 9.61. The number of halogens is 1. The Bertz CT molecular complexity index is 1760. The summed E-state index contributed by atoms with van der Waals surface area (Å²) in [5.74, 6) is -0.228. The maximum absolute atomic E-state index is 14.1. The Hall–Kier alpha value is -4.83. The molecule has 2 aliphatic heterocycles. The van der Waals surface area contributed by atoms with Gasteiger partial charge in [0.15, 0.2) is 0 Å². The molecule has 0 bridgehead atoms. The zero-order valence-corrected chi connectivity index (χ0v) is 29.1. The zero-order chi connectivity index (χ0) is 35.3. The third kappa shape index (κ3) is 8.48. The predicted octanol–water partition coefficient (Wildman–Crippen LogP) is 6.72. The molecule has 10 heteroatoms. The Morgan fingerprint density at radius 2 is 1.60 bits per heavy atom. The highest BCUT2D eigenvalue weighted by atomic mass is 19.1. The number of hydrogen-bond acceptors (Lipinski definition) is 6. The van der Waals surface area contributed by atoms with Crippen molar-refractivity contribution in [3.05, 3.63) is 113 Å². The van der Waals surface area contributed by atoms with Crippen molar-refractivity contribution in [1.82, 2.24) is 19.6 Å². The first kappa shape index (κ1) is 35.0. The number of hydrogen-bond donors (Lipinski definition) is 0. The first-order valence-corrected chi connectivity index (χ1v) is 17.5. The molecule has 6 rings (SSSR count). The van der Waals surface area contributed by atoms with Crippen LogP contribution < -0.4 is 4.90 Å². The highest BCUT2D eigenvalue weighted by Gasteiger charge is 2.34. The maximum Gasteiger partial charge on any atom is 0.308 e. The van der Waals surface area contributed by atoms with Crippen molar-refractivity contribution in [3.63, 3.8) is 0 Å². The second-order valence-electron chi connectivity index (χ2n) is 14.3. The molecule has 3 heterocycles. The van der Waals surface area contributed by atoms with Crippen molar-refractivity contribution in [1.29, 1.82) is 0 Å². The number of rotatable bonds is 11. The number of amides is 2. The summed E-state index contributed by atoms with van der Waals surface area (Å²) >= 11 is 0. The van der Waals surface area contributed by atoms with Crippen LogP contribution in [0.5, 0.6) is 0 Å². The van der Waals surface area contributed by atoms with Crippen molar-refractivity contribution in [2.24, 2.45) is 0 Å². The van der Waals surface area contributed by atoms with E-state index in [0.29, 0.717) is 24.6 Å². The van der Waals surface area contributed by atoms with Crippen molar-refractivity contribution in [3.8, 4) is 5.69 Å². The lowest BCUT2D eigenvalue weighted by atomic mass is 9.90. The van der Waals surface area contributed by atoms with Crippen molar-refractivity contribution < 1.29 is 23.5 Å². The minimum Gasteiger partial charge on any atom is -0.460 e. The molecule has 1 atom stereocenters. The van der Waals surface area contributed by atoms with Gasteiger partial charge in [-0.3, -0.25) is 19.3 Å².